The predicted octanol–water partition coefficient (Wildman–Crippen LogP) is 0.658. The average Bonchev–Trinajstić information content (AvgIpc) is 2.30. The summed E-state index contributed by atoms with van der Waals surface area (Å²) >= 11 is 0. The molecule has 1 saturated heterocycles. The second-order valence-electron chi connectivity index (χ2n) is 5.81. The maximum absolute atomic E-state index is 9.66. The molecule has 1 heterocycles. The molecule has 4 atom stereocenters. The van der Waals surface area contributed by atoms with E-state index in [1.54, 1.807) is 0 Å². The van der Waals surface area contributed by atoms with Crippen molar-refractivity contribution in [3.63, 3.8) is 0 Å². The van der Waals surface area contributed by atoms with Crippen LogP contribution in [0, 0.1) is 5.41 Å². The van der Waals surface area contributed by atoms with Gasteiger partial charge in [-0.05, 0) is 11.8 Å². The van der Waals surface area contributed by atoms with Crippen LogP contribution in [0.5, 0.6) is 0 Å². The van der Waals surface area contributed by atoms with Gasteiger partial charge in [0.05, 0.1) is 19.3 Å². The highest BCUT2D eigenvalue weighted by Crippen LogP contribution is 2.26. The van der Waals surface area contributed by atoms with E-state index in [-0.39, 0.29) is 18.4 Å². The average molecular weight is 262 g/mol. The molecule has 0 aromatic carbocycles. The summed E-state index contributed by atoms with van der Waals surface area (Å²) in [6.07, 6.45) is -0.908. The van der Waals surface area contributed by atoms with Gasteiger partial charge in [-0.1, -0.05) is 27.2 Å². The lowest BCUT2D eigenvalue weighted by atomic mass is 9.89. The van der Waals surface area contributed by atoms with Crippen LogP contribution >= 0.6 is 0 Å². The largest absolute Gasteiger partial charge is 0.394 e. The summed E-state index contributed by atoms with van der Waals surface area (Å²) in [6, 6.07) is 0. The highest BCUT2D eigenvalue weighted by atomic mass is 16.7. The minimum atomic E-state index is -1.04. The van der Waals surface area contributed by atoms with Gasteiger partial charge in [0.25, 0.3) is 0 Å². The Bertz CT molecular complexity index is 244. The van der Waals surface area contributed by atoms with Gasteiger partial charge in [0.1, 0.15) is 12.2 Å². The molecular weight excluding hydrogens is 236 g/mol. The van der Waals surface area contributed by atoms with Crippen molar-refractivity contribution in [3.05, 3.63) is 0 Å². The second-order valence-corrected chi connectivity index (χ2v) is 5.81. The first kappa shape index (κ1) is 15.9. The molecule has 1 aliphatic heterocycles. The van der Waals surface area contributed by atoms with Crippen LogP contribution in [-0.2, 0) is 9.47 Å². The van der Waals surface area contributed by atoms with Gasteiger partial charge in [0.2, 0.25) is 0 Å². The van der Waals surface area contributed by atoms with Gasteiger partial charge >= 0.3 is 0 Å². The van der Waals surface area contributed by atoms with Crippen LogP contribution in [0.15, 0.2) is 0 Å². The lowest BCUT2D eigenvalue weighted by Crippen LogP contribution is -2.50. The summed E-state index contributed by atoms with van der Waals surface area (Å²) < 4.78 is 11.1. The molecule has 0 aliphatic carbocycles. The van der Waals surface area contributed by atoms with E-state index in [9.17, 15) is 10.2 Å². The molecule has 0 unspecified atom stereocenters. The molecule has 5 heteroatoms. The predicted molar refractivity (Wildman–Crippen MR) is 67.0 cm³/mol. The van der Waals surface area contributed by atoms with Crippen molar-refractivity contribution in [3.8, 4) is 0 Å². The van der Waals surface area contributed by atoms with E-state index >= 15 is 0 Å². The van der Waals surface area contributed by atoms with E-state index in [1.165, 1.54) is 0 Å². The first-order valence-electron chi connectivity index (χ1n) is 6.63. The van der Waals surface area contributed by atoms with Gasteiger partial charge in [0, 0.05) is 6.42 Å². The number of hydrogen-bond acceptors (Lipinski definition) is 5. The summed E-state index contributed by atoms with van der Waals surface area (Å²) in [4.78, 5) is 0. The molecule has 3 N–H and O–H groups in total. The Morgan fingerprint density at radius 3 is 2.56 bits per heavy atom. The standard InChI is InChI=1S/C13H26O5/c1-4-5-13(2,3)8-17-11-6-9(15)12(16)10(7-14)18-11/h9-12,14-16H,4-8H2,1-3H3/t9-,10-,11-,12-/m1/s1. The molecule has 0 amide bonds. The second kappa shape index (κ2) is 6.82. The van der Waals surface area contributed by atoms with Gasteiger partial charge in [-0.25, -0.2) is 0 Å². The van der Waals surface area contributed by atoms with Crippen LogP contribution < -0.4 is 0 Å². The quantitative estimate of drug-likeness (QED) is 0.655. The van der Waals surface area contributed by atoms with Crippen LogP contribution in [0.2, 0.25) is 0 Å². The first-order chi connectivity index (χ1) is 8.39. The van der Waals surface area contributed by atoms with E-state index < -0.39 is 24.6 Å². The number of aliphatic hydroxyl groups excluding tert-OH is 3. The molecule has 0 aromatic rings. The zero-order valence-electron chi connectivity index (χ0n) is 11.5. The maximum atomic E-state index is 9.66. The minimum Gasteiger partial charge on any atom is -0.394 e. The first-order valence-corrected chi connectivity index (χ1v) is 6.63. The minimum absolute atomic E-state index is 0.0633. The van der Waals surface area contributed by atoms with Gasteiger partial charge in [0.15, 0.2) is 6.29 Å². The lowest BCUT2D eigenvalue weighted by molar-refractivity contribution is -0.262. The molecule has 0 spiro atoms. The van der Waals surface area contributed by atoms with Crippen LogP contribution in [0.25, 0.3) is 0 Å². The zero-order chi connectivity index (χ0) is 13.8. The van der Waals surface area contributed by atoms with Crippen LogP contribution in [0.1, 0.15) is 40.0 Å². The molecule has 5 nitrogen and oxygen atoms in total. The monoisotopic (exact) mass is 262 g/mol. The molecule has 18 heavy (non-hydrogen) atoms. The highest BCUT2D eigenvalue weighted by molar-refractivity contribution is 4.82. The van der Waals surface area contributed by atoms with Crippen LogP contribution in [0.4, 0.5) is 0 Å². The van der Waals surface area contributed by atoms with E-state index in [2.05, 4.69) is 20.8 Å². The molecular formula is C13H26O5. The third kappa shape index (κ3) is 4.48. The Morgan fingerprint density at radius 2 is 2.00 bits per heavy atom. The fourth-order valence-corrected chi connectivity index (χ4v) is 2.24. The molecule has 0 bridgehead atoms. The molecule has 0 radical (unpaired) electrons. The van der Waals surface area contributed by atoms with E-state index in [0.717, 1.165) is 12.8 Å². The summed E-state index contributed by atoms with van der Waals surface area (Å²) in [5, 5.41) is 28.3. The van der Waals surface area contributed by atoms with Crippen molar-refractivity contribution in [2.75, 3.05) is 13.2 Å². The van der Waals surface area contributed by atoms with Gasteiger partial charge in [-0.15, -0.1) is 0 Å². The van der Waals surface area contributed by atoms with Crippen molar-refractivity contribution < 1.29 is 24.8 Å². The SMILES string of the molecule is CCCC(C)(C)CO[C@H]1C[C@@H](O)[C@@H](O)[C@@H](CO)O1. The van der Waals surface area contributed by atoms with Crippen LogP contribution in [0.3, 0.4) is 0 Å². The summed E-state index contributed by atoms with van der Waals surface area (Å²) in [7, 11) is 0. The smallest absolute Gasteiger partial charge is 0.160 e. The van der Waals surface area contributed by atoms with Gasteiger partial charge in [-0.2, -0.15) is 0 Å². The fraction of sp³-hybridized carbons (Fsp3) is 1.00. The number of ether oxygens (including phenoxy) is 2. The lowest BCUT2D eigenvalue weighted by Gasteiger charge is -2.37. The molecule has 0 aromatic heterocycles. The molecule has 0 saturated carbocycles. The highest BCUT2D eigenvalue weighted by Gasteiger charge is 2.37. The maximum Gasteiger partial charge on any atom is 0.160 e. The molecule has 1 fully saturated rings. The topological polar surface area (TPSA) is 79.2 Å². The number of aliphatic hydroxyl groups is 3. The Kier molecular flexibility index (Phi) is 6.01. The van der Waals surface area contributed by atoms with Gasteiger partial charge < -0.3 is 24.8 Å². The van der Waals surface area contributed by atoms with E-state index in [4.69, 9.17) is 14.6 Å². The summed E-state index contributed by atoms with van der Waals surface area (Å²) in [5.74, 6) is 0. The van der Waals surface area contributed by atoms with Gasteiger partial charge in [-0.3, -0.25) is 0 Å². The Hall–Kier alpha value is -0.200. The molecule has 1 aliphatic rings. The zero-order valence-corrected chi connectivity index (χ0v) is 11.5. The normalized spacial score (nSPS) is 33.7. The third-order valence-corrected chi connectivity index (χ3v) is 3.30. The summed E-state index contributed by atoms with van der Waals surface area (Å²) in [6.45, 7) is 6.58. The molecule has 108 valence electrons. The number of hydrogen-bond donors (Lipinski definition) is 3. The molecule has 1 rings (SSSR count). The Morgan fingerprint density at radius 1 is 1.33 bits per heavy atom. The fourth-order valence-electron chi connectivity index (χ4n) is 2.24. The number of rotatable bonds is 6. The van der Waals surface area contributed by atoms with Crippen molar-refractivity contribution in [1.82, 2.24) is 0 Å². The summed E-state index contributed by atoms with van der Waals surface area (Å²) in [5.41, 5.74) is 0.0633. The van der Waals surface area contributed by atoms with E-state index in [1.807, 2.05) is 0 Å². The Labute approximate surface area is 109 Å². The van der Waals surface area contributed by atoms with Crippen molar-refractivity contribution >= 4 is 0 Å². The van der Waals surface area contributed by atoms with E-state index in [0.29, 0.717) is 6.61 Å². The van der Waals surface area contributed by atoms with Crippen LogP contribution in [-0.4, -0.2) is 53.1 Å². The van der Waals surface area contributed by atoms with Crippen molar-refractivity contribution in [2.24, 2.45) is 5.41 Å². The van der Waals surface area contributed by atoms with Crippen molar-refractivity contribution in [1.29, 1.82) is 0 Å². The third-order valence-electron chi connectivity index (χ3n) is 3.30. The van der Waals surface area contributed by atoms with Crippen molar-refractivity contribution in [2.45, 2.75) is 64.6 Å². The Balaban J connectivity index is 2.43.